The second-order valence-corrected chi connectivity index (χ2v) is 5.71. The highest BCUT2D eigenvalue weighted by Crippen LogP contribution is 2.06. The Kier molecular flexibility index (Phi) is 12.3. The molecule has 0 atom stereocenters. The van der Waals surface area contributed by atoms with Gasteiger partial charge in [0.25, 0.3) is 0 Å². The molecule has 0 bridgehead atoms. The summed E-state index contributed by atoms with van der Waals surface area (Å²) >= 11 is 0. The Morgan fingerprint density at radius 3 is 1.89 bits per heavy atom. The van der Waals surface area contributed by atoms with E-state index in [0.717, 1.165) is 26.1 Å². The molecule has 0 heterocycles. The van der Waals surface area contributed by atoms with E-state index in [0.29, 0.717) is 6.10 Å². The van der Waals surface area contributed by atoms with Gasteiger partial charge in [-0.2, -0.15) is 0 Å². The van der Waals surface area contributed by atoms with Crippen molar-refractivity contribution in [2.45, 2.75) is 72.3 Å². The van der Waals surface area contributed by atoms with Crippen LogP contribution in [0.15, 0.2) is 0 Å². The van der Waals surface area contributed by atoms with E-state index in [4.69, 9.17) is 9.47 Å². The number of Topliss-reactive ketones (excluding diaryl/α,β-unsaturated/α-hetero) is 1. The Morgan fingerprint density at radius 2 is 1.37 bits per heavy atom. The first-order valence-corrected chi connectivity index (χ1v) is 7.76. The summed E-state index contributed by atoms with van der Waals surface area (Å²) < 4.78 is 10.8. The summed E-state index contributed by atoms with van der Waals surface area (Å²) in [5, 5.41) is 0. The lowest BCUT2D eigenvalue weighted by Crippen LogP contribution is -2.15. The maximum Gasteiger partial charge on any atom is 0.160 e. The number of ether oxygens (including phenoxy) is 2. The lowest BCUT2D eigenvalue weighted by molar-refractivity contribution is -0.126. The fourth-order valence-corrected chi connectivity index (χ4v) is 1.67. The first-order chi connectivity index (χ1) is 9.04. The molecule has 0 N–H and O–H groups in total. The van der Waals surface area contributed by atoms with Gasteiger partial charge >= 0.3 is 0 Å². The average molecular weight is 272 g/mol. The van der Waals surface area contributed by atoms with E-state index in [2.05, 4.69) is 13.8 Å². The molecule has 0 fully saturated rings. The van der Waals surface area contributed by atoms with Crippen molar-refractivity contribution in [2.24, 2.45) is 5.92 Å². The Balaban J connectivity index is 3.09. The minimum Gasteiger partial charge on any atom is -0.379 e. The topological polar surface area (TPSA) is 35.5 Å². The molecule has 0 radical (unpaired) electrons. The van der Waals surface area contributed by atoms with Crippen LogP contribution in [0.2, 0.25) is 0 Å². The lowest BCUT2D eigenvalue weighted by atomic mass is 10.1. The van der Waals surface area contributed by atoms with Gasteiger partial charge in [-0.05, 0) is 26.7 Å². The second kappa shape index (κ2) is 12.6. The Labute approximate surface area is 119 Å². The molecule has 3 nitrogen and oxygen atoms in total. The van der Waals surface area contributed by atoms with Gasteiger partial charge in [-0.25, -0.2) is 0 Å². The van der Waals surface area contributed by atoms with Crippen LogP contribution in [0.1, 0.15) is 66.2 Å². The highest BCUT2D eigenvalue weighted by atomic mass is 16.5. The Bertz CT molecular complexity index is 212. The van der Waals surface area contributed by atoms with Crippen molar-refractivity contribution in [2.75, 3.05) is 19.8 Å². The molecule has 0 aromatic carbocycles. The third kappa shape index (κ3) is 13.8. The highest BCUT2D eigenvalue weighted by molar-refractivity contribution is 5.81. The number of ketones is 1. The molecule has 0 aliphatic heterocycles. The van der Waals surface area contributed by atoms with Crippen molar-refractivity contribution < 1.29 is 14.3 Å². The van der Waals surface area contributed by atoms with Gasteiger partial charge in [0.15, 0.2) is 5.78 Å². The van der Waals surface area contributed by atoms with Crippen LogP contribution in [-0.4, -0.2) is 31.7 Å². The molecule has 0 saturated carbocycles. The Morgan fingerprint density at radius 1 is 0.842 bits per heavy atom. The fraction of sp³-hybridized carbons (Fsp3) is 0.938. The molecule has 0 saturated heterocycles. The van der Waals surface area contributed by atoms with Crippen LogP contribution in [0.25, 0.3) is 0 Å². The molecule has 0 aliphatic carbocycles. The molecule has 0 unspecified atom stereocenters. The van der Waals surface area contributed by atoms with Crippen LogP contribution in [-0.2, 0) is 14.3 Å². The summed E-state index contributed by atoms with van der Waals surface area (Å²) in [6.07, 6.45) is 7.55. The summed E-state index contributed by atoms with van der Waals surface area (Å²) in [7, 11) is 0. The number of carbonyl (C=O) groups is 1. The van der Waals surface area contributed by atoms with Crippen molar-refractivity contribution in [3.63, 3.8) is 0 Å². The van der Waals surface area contributed by atoms with Crippen LogP contribution in [0.5, 0.6) is 0 Å². The molecule has 0 rings (SSSR count). The fourth-order valence-electron chi connectivity index (χ4n) is 1.67. The van der Waals surface area contributed by atoms with E-state index in [1.165, 1.54) is 25.7 Å². The maximum absolute atomic E-state index is 11.3. The van der Waals surface area contributed by atoms with Crippen molar-refractivity contribution in [1.82, 2.24) is 0 Å². The van der Waals surface area contributed by atoms with Gasteiger partial charge < -0.3 is 9.47 Å². The standard InChI is InChI=1S/C16H32O3/c1-14(2)16(17)13-18-11-9-7-5-6-8-10-12-19-15(3)4/h14-15H,5-13H2,1-4H3. The molecule has 19 heavy (non-hydrogen) atoms. The van der Waals surface area contributed by atoms with Gasteiger partial charge in [-0.15, -0.1) is 0 Å². The van der Waals surface area contributed by atoms with Crippen LogP contribution >= 0.6 is 0 Å². The summed E-state index contributed by atoms with van der Waals surface area (Å²) in [6.45, 7) is 9.86. The number of unbranched alkanes of at least 4 members (excludes halogenated alkanes) is 5. The molecule has 0 spiro atoms. The van der Waals surface area contributed by atoms with Gasteiger partial charge in [0.2, 0.25) is 0 Å². The molecular weight excluding hydrogens is 240 g/mol. The number of hydrogen-bond acceptors (Lipinski definition) is 3. The lowest BCUT2D eigenvalue weighted by Gasteiger charge is -2.07. The van der Waals surface area contributed by atoms with Crippen molar-refractivity contribution in [1.29, 1.82) is 0 Å². The SMILES string of the molecule is CC(C)OCCCCCCCCOCC(=O)C(C)C. The smallest absolute Gasteiger partial charge is 0.160 e. The van der Waals surface area contributed by atoms with Crippen molar-refractivity contribution in [3.05, 3.63) is 0 Å². The largest absolute Gasteiger partial charge is 0.379 e. The molecule has 0 aliphatic rings. The van der Waals surface area contributed by atoms with E-state index in [1.54, 1.807) is 0 Å². The summed E-state index contributed by atoms with van der Waals surface area (Å²) in [6, 6.07) is 0. The zero-order valence-electron chi connectivity index (χ0n) is 13.2. The summed E-state index contributed by atoms with van der Waals surface area (Å²) in [4.78, 5) is 11.3. The van der Waals surface area contributed by atoms with Crippen LogP contribution in [0.3, 0.4) is 0 Å². The highest BCUT2D eigenvalue weighted by Gasteiger charge is 2.06. The van der Waals surface area contributed by atoms with Crippen molar-refractivity contribution in [3.8, 4) is 0 Å². The van der Waals surface area contributed by atoms with E-state index >= 15 is 0 Å². The maximum atomic E-state index is 11.3. The summed E-state index contributed by atoms with van der Waals surface area (Å²) in [5.41, 5.74) is 0. The molecule has 114 valence electrons. The quantitative estimate of drug-likeness (QED) is 0.475. The van der Waals surface area contributed by atoms with Crippen LogP contribution in [0.4, 0.5) is 0 Å². The van der Waals surface area contributed by atoms with E-state index in [1.807, 2.05) is 13.8 Å². The molecule has 0 amide bonds. The summed E-state index contributed by atoms with van der Waals surface area (Å²) in [5.74, 6) is 0.290. The zero-order valence-corrected chi connectivity index (χ0v) is 13.2. The van der Waals surface area contributed by atoms with Gasteiger partial charge in [0.1, 0.15) is 6.61 Å². The number of carbonyl (C=O) groups excluding carboxylic acids is 1. The predicted molar refractivity (Wildman–Crippen MR) is 79.5 cm³/mol. The minimum atomic E-state index is 0.0908. The van der Waals surface area contributed by atoms with Crippen LogP contribution in [0, 0.1) is 5.92 Å². The van der Waals surface area contributed by atoms with E-state index in [-0.39, 0.29) is 18.3 Å². The van der Waals surface area contributed by atoms with E-state index < -0.39 is 0 Å². The normalized spacial score (nSPS) is 11.5. The predicted octanol–water partition coefficient (Wildman–Crippen LogP) is 3.99. The second-order valence-electron chi connectivity index (χ2n) is 5.71. The average Bonchev–Trinajstić information content (AvgIpc) is 2.35. The van der Waals surface area contributed by atoms with Gasteiger partial charge in [0.05, 0.1) is 6.10 Å². The van der Waals surface area contributed by atoms with Crippen LogP contribution < -0.4 is 0 Å². The van der Waals surface area contributed by atoms with Gasteiger partial charge in [0, 0.05) is 19.1 Å². The Hall–Kier alpha value is -0.410. The third-order valence-corrected chi connectivity index (χ3v) is 3.02. The van der Waals surface area contributed by atoms with Gasteiger partial charge in [-0.3, -0.25) is 4.79 Å². The molecule has 3 heteroatoms. The van der Waals surface area contributed by atoms with Crippen molar-refractivity contribution >= 4 is 5.78 Å². The zero-order chi connectivity index (χ0) is 14.5. The molecular formula is C16H32O3. The third-order valence-electron chi connectivity index (χ3n) is 3.02. The van der Waals surface area contributed by atoms with E-state index in [9.17, 15) is 4.79 Å². The minimum absolute atomic E-state index is 0.0908. The van der Waals surface area contributed by atoms with Gasteiger partial charge in [-0.1, -0.05) is 39.5 Å². The number of hydrogen-bond donors (Lipinski definition) is 0. The first kappa shape index (κ1) is 18.6. The first-order valence-electron chi connectivity index (χ1n) is 7.76. The number of rotatable bonds is 13. The monoisotopic (exact) mass is 272 g/mol. The molecule has 0 aromatic heterocycles. The molecule has 0 aromatic rings.